The molecule has 0 aliphatic carbocycles. The monoisotopic (exact) mass is 380 g/mol. The first-order valence-corrected chi connectivity index (χ1v) is 9.50. The van der Waals surface area contributed by atoms with Crippen molar-refractivity contribution in [2.24, 2.45) is 0 Å². The first kappa shape index (κ1) is 18.4. The molecule has 2 aliphatic heterocycles. The van der Waals surface area contributed by atoms with E-state index < -0.39 is 0 Å². The maximum absolute atomic E-state index is 11.4. The lowest BCUT2D eigenvalue weighted by atomic mass is 9.89. The van der Waals surface area contributed by atoms with E-state index >= 15 is 0 Å². The Balaban J connectivity index is 1.41. The van der Waals surface area contributed by atoms with Crippen LogP contribution in [0.3, 0.4) is 0 Å². The number of benzene rings is 2. The van der Waals surface area contributed by atoms with Crippen molar-refractivity contribution in [1.82, 2.24) is 10.4 Å². The number of phenolic OH excluding ortho intramolecular Hbond substituents is 1. The van der Waals surface area contributed by atoms with Gasteiger partial charge in [-0.3, -0.25) is 9.69 Å². The van der Waals surface area contributed by atoms with Gasteiger partial charge >= 0.3 is 0 Å². The van der Waals surface area contributed by atoms with Gasteiger partial charge in [-0.25, -0.2) is 0 Å². The van der Waals surface area contributed by atoms with Gasteiger partial charge in [-0.2, -0.15) is 5.48 Å². The summed E-state index contributed by atoms with van der Waals surface area (Å²) in [6.45, 7) is 2.55. The van der Waals surface area contributed by atoms with Crippen LogP contribution < -0.4 is 15.1 Å². The number of aromatic hydroxyl groups is 1. The number of hydrogen-bond donors (Lipinski definition) is 2. The molecular weight excluding hydrogens is 356 g/mol. The number of phenols is 1. The predicted octanol–water partition coefficient (Wildman–Crippen LogP) is 3.22. The molecule has 0 aromatic heterocycles. The van der Waals surface area contributed by atoms with E-state index in [0.717, 1.165) is 37.2 Å². The van der Waals surface area contributed by atoms with Crippen molar-refractivity contribution in [3.05, 3.63) is 59.2 Å². The lowest BCUT2D eigenvalue weighted by Gasteiger charge is -2.32. The number of amides is 1. The molecule has 2 heterocycles. The molecule has 2 aromatic carbocycles. The maximum atomic E-state index is 11.4. The zero-order chi connectivity index (χ0) is 19.5. The number of fused-ring (bicyclic) bond motifs is 1. The van der Waals surface area contributed by atoms with Gasteiger partial charge < -0.3 is 14.7 Å². The highest BCUT2D eigenvalue weighted by Crippen LogP contribution is 2.37. The average Bonchev–Trinajstić information content (AvgIpc) is 2.93. The number of piperidine rings is 1. The van der Waals surface area contributed by atoms with Gasteiger partial charge in [-0.1, -0.05) is 24.3 Å². The average molecular weight is 380 g/mol. The van der Waals surface area contributed by atoms with E-state index in [9.17, 15) is 9.90 Å². The standard InChI is InChI=1S/C22H24N2O4/c1-27-19-4-2-3-17(13-19)15-9-11-24(12-10-15)14-18-6-5-16-7-8-20(25)23-28-22(16)21(18)26/h2-8,13,15,26H,9-12,14H2,1H3,(H,23,25). The number of likely N-dealkylation sites (tertiary alicyclic amines) is 1. The first-order valence-electron chi connectivity index (χ1n) is 9.50. The minimum atomic E-state index is -0.350. The van der Waals surface area contributed by atoms with Crippen LogP contribution in [0.25, 0.3) is 6.08 Å². The van der Waals surface area contributed by atoms with Crippen molar-refractivity contribution < 1.29 is 19.5 Å². The Bertz CT molecular complexity index is 901. The summed E-state index contributed by atoms with van der Waals surface area (Å²) in [6.07, 6.45) is 5.15. The molecule has 2 aliphatic rings. The second-order valence-corrected chi connectivity index (χ2v) is 7.22. The number of nitrogens with zero attached hydrogens (tertiary/aromatic N) is 1. The van der Waals surface area contributed by atoms with Crippen LogP contribution in [0, 0.1) is 0 Å². The summed E-state index contributed by atoms with van der Waals surface area (Å²) >= 11 is 0. The van der Waals surface area contributed by atoms with Crippen molar-refractivity contribution in [2.75, 3.05) is 20.2 Å². The van der Waals surface area contributed by atoms with E-state index in [-0.39, 0.29) is 11.7 Å². The Kier molecular flexibility index (Phi) is 5.21. The van der Waals surface area contributed by atoms with Crippen LogP contribution in [0.4, 0.5) is 0 Å². The number of nitrogens with one attached hydrogen (secondary N) is 1. The summed E-state index contributed by atoms with van der Waals surface area (Å²) < 4.78 is 5.34. The SMILES string of the molecule is COc1cccc(C2CCN(Cc3ccc4c(c3O)ONC(=O)C=C4)CC2)c1. The van der Waals surface area contributed by atoms with Crippen molar-refractivity contribution in [3.63, 3.8) is 0 Å². The first-order chi connectivity index (χ1) is 13.6. The Morgan fingerprint density at radius 3 is 2.82 bits per heavy atom. The molecule has 0 bridgehead atoms. The van der Waals surface area contributed by atoms with Crippen molar-refractivity contribution in [2.45, 2.75) is 25.3 Å². The van der Waals surface area contributed by atoms with Gasteiger partial charge in [-0.05, 0) is 55.6 Å². The summed E-state index contributed by atoms with van der Waals surface area (Å²) in [5, 5.41) is 10.6. The molecular formula is C22H24N2O4. The third-order valence-corrected chi connectivity index (χ3v) is 5.46. The lowest BCUT2D eigenvalue weighted by Crippen LogP contribution is -2.32. The van der Waals surface area contributed by atoms with Gasteiger partial charge in [0.2, 0.25) is 5.75 Å². The van der Waals surface area contributed by atoms with Gasteiger partial charge in [0.05, 0.1) is 7.11 Å². The minimum absolute atomic E-state index is 0.0827. The molecule has 0 saturated carbocycles. The van der Waals surface area contributed by atoms with E-state index in [1.807, 2.05) is 24.3 Å². The molecule has 146 valence electrons. The molecule has 0 spiro atoms. The van der Waals surface area contributed by atoms with Crippen molar-refractivity contribution in [1.29, 1.82) is 0 Å². The van der Waals surface area contributed by atoms with Gasteiger partial charge in [0, 0.05) is 23.7 Å². The molecule has 6 heteroatoms. The number of carbonyl (C=O) groups excluding carboxylic acids is 1. The molecule has 1 fully saturated rings. The predicted molar refractivity (Wildman–Crippen MR) is 106 cm³/mol. The van der Waals surface area contributed by atoms with Crippen LogP contribution >= 0.6 is 0 Å². The Morgan fingerprint density at radius 2 is 2.04 bits per heavy atom. The maximum Gasteiger partial charge on any atom is 0.276 e. The number of methoxy groups -OCH3 is 1. The van der Waals surface area contributed by atoms with Gasteiger partial charge in [-0.15, -0.1) is 0 Å². The number of hydroxylamine groups is 1. The molecule has 1 amide bonds. The van der Waals surface area contributed by atoms with E-state index in [0.29, 0.717) is 23.8 Å². The highest BCUT2D eigenvalue weighted by molar-refractivity contribution is 5.92. The summed E-state index contributed by atoms with van der Waals surface area (Å²) in [5.74, 6) is 1.45. The van der Waals surface area contributed by atoms with Crippen LogP contribution in [0.2, 0.25) is 0 Å². The van der Waals surface area contributed by atoms with Crippen LogP contribution in [-0.4, -0.2) is 36.1 Å². The largest absolute Gasteiger partial charge is 0.504 e. The van der Waals surface area contributed by atoms with Gasteiger partial charge in [0.15, 0.2) is 5.75 Å². The second kappa shape index (κ2) is 7.94. The third-order valence-electron chi connectivity index (χ3n) is 5.46. The van der Waals surface area contributed by atoms with E-state index in [4.69, 9.17) is 9.57 Å². The summed E-state index contributed by atoms with van der Waals surface area (Å²) in [4.78, 5) is 19.0. The fourth-order valence-electron chi connectivity index (χ4n) is 3.86. The number of ether oxygens (including phenoxy) is 1. The molecule has 1 saturated heterocycles. The Hall–Kier alpha value is -2.99. The highest BCUT2D eigenvalue weighted by Gasteiger charge is 2.23. The molecule has 2 N–H and O–H groups in total. The molecule has 28 heavy (non-hydrogen) atoms. The fraction of sp³-hybridized carbons (Fsp3) is 0.318. The fourth-order valence-corrected chi connectivity index (χ4v) is 3.86. The van der Waals surface area contributed by atoms with Crippen LogP contribution in [0.5, 0.6) is 17.2 Å². The smallest absolute Gasteiger partial charge is 0.276 e. The summed E-state index contributed by atoms with van der Waals surface area (Å²) in [6, 6.07) is 12.1. The molecule has 6 nitrogen and oxygen atoms in total. The van der Waals surface area contributed by atoms with E-state index in [2.05, 4.69) is 22.5 Å². The number of hydrogen-bond acceptors (Lipinski definition) is 5. The van der Waals surface area contributed by atoms with Crippen molar-refractivity contribution >= 4 is 12.0 Å². The quantitative estimate of drug-likeness (QED) is 0.852. The number of carbonyl (C=O) groups is 1. The molecule has 4 rings (SSSR count). The molecule has 0 radical (unpaired) electrons. The van der Waals surface area contributed by atoms with Crippen LogP contribution in [0.15, 0.2) is 42.5 Å². The zero-order valence-electron chi connectivity index (χ0n) is 15.9. The highest BCUT2D eigenvalue weighted by atomic mass is 16.7. The Morgan fingerprint density at radius 1 is 1.21 bits per heavy atom. The molecule has 0 unspecified atom stereocenters. The summed E-state index contributed by atoms with van der Waals surface area (Å²) in [5.41, 5.74) is 5.09. The lowest BCUT2D eigenvalue weighted by molar-refractivity contribution is -0.122. The topological polar surface area (TPSA) is 71.0 Å². The Labute approximate surface area is 164 Å². The van der Waals surface area contributed by atoms with Crippen molar-refractivity contribution in [3.8, 4) is 17.2 Å². The molecule has 0 atom stereocenters. The van der Waals surface area contributed by atoms with E-state index in [1.54, 1.807) is 13.2 Å². The molecule has 2 aromatic rings. The number of rotatable bonds is 4. The summed E-state index contributed by atoms with van der Waals surface area (Å²) in [7, 11) is 1.69. The van der Waals surface area contributed by atoms with Gasteiger partial charge in [0.1, 0.15) is 5.75 Å². The normalized spacial score (nSPS) is 17.4. The van der Waals surface area contributed by atoms with E-state index in [1.165, 1.54) is 11.6 Å². The second-order valence-electron chi connectivity index (χ2n) is 7.22. The van der Waals surface area contributed by atoms with Crippen LogP contribution in [-0.2, 0) is 11.3 Å². The van der Waals surface area contributed by atoms with Gasteiger partial charge in [0.25, 0.3) is 5.91 Å². The third kappa shape index (κ3) is 3.82. The van der Waals surface area contributed by atoms with Crippen LogP contribution in [0.1, 0.15) is 35.4 Å². The minimum Gasteiger partial charge on any atom is -0.504 e. The zero-order valence-corrected chi connectivity index (χ0v) is 15.9.